The summed E-state index contributed by atoms with van der Waals surface area (Å²) in [7, 11) is 0. The number of aliphatic carboxylic acids is 1. The van der Waals surface area contributed by atoms with Crippen LogP contribution < -0.4 is 56.5 Å². The third-order valence-electron chi connectivity index (χ3n) is 7.65. The number of ether oxygens (including phenoxy) is 1. The van der Waals surface area contributed by atoms with E-state index >= 15 is 0 Å². The summed E-state index contributed by atoms with van der Waals surface area (Å²) in [5.41, 5.74) is 0.623. The van der Waals surface area contributed by atoms with Crippen molar-refractivity contribution < 1.29 is 80.7 Å². The first-order chi connectivity index (χ1) is 20.3. The van der Waals surface area contributed by atoms with Gasteiger partial charge in [0.25, 0.3) is 0 Å². The Kier molecular flexibility index (Phi) is 10.9. The van der Waals surface area contributed by atoms with Gasteiger partial charge < -0.3 is 29.5 Å². The first kappa shape index (κ1) is 32.6. The molecule has 0 bridgehead atoms. The third kappa shape index (κ3) is 6.93. The number of urea groups is 1. The molecule has 9 heteroatoms. The first-order valence-corrected chi connectivity index (χ1v) is 13.7. The van der Waals surface area contributed by atoms with Crippen molar-refractivity contribution in [3.8, 4) is 0 Å². The molecule has 0 saturated carbocycles. The summed E-state index contributed by atoms with van der Waals surface area (Å²) in [6.07, 6.45) is -1.16. The molecule has 1 heterocycles. The van der Waals surface area contributed by atoms with Crippen LogP contribution in [0.5, 0.6) is 0 Å². The number of carbonyl (C=O) groups excluding carboxylic acids is 3. The Bertz CT molecular complexity index is 1480. The van der Waals surface area contributed by atoms with Crippen LogP contribution in [0.2, 0.25) is 0 Å². The second-order valence-electron chi connectivity index (χ2n) is 10.3. The van der Waals surface area contributed by atoms with Gasteiger partial charge in [-0.2, -0.15) is 0 Å². The second-order valence-corrected chi connectivity index (χ2v) is 10.3. The van der Waals surface area contributed by atoms with E-state index in [0.717, 1.165) is 4.90 Å². The molecular weight excluding hydrogens is 571 g/mol. The summed E-state index contributed by atoms with van der Waals surface area (Å²) in [6, 6.07) is 31.7. The molecule has 0 unspecified atom stereocenters. The van der Waals surface area contributed by atoms with Gasteiger partial charge in [0.1, 0.15) is 12.1 Å². The molecule has 4 aromatic rings. The zero-order valence-corrected chi connectivity index (χ0v) is 27.2. The monoisotopic (exact) mass is 602 g/mol. The van der Waals surface area contributed by atoms with Gasteiger partial charge in [0, 0.05) is 13.1 Å². The smallest absolute Gasteiger partial charge is 0.548 e. The number of nitrogens with zero attached hydrogens (tertiary/aromatic N) is 2. The second kappa shape index (κ2) is 14.4. The zero-order chi connectivity index (χ0) is 29.7. The van der Waals surface area contributed by atoms with Gasteiger partial charge in [-0.15, -0.1) is 0 Å². The fourth-order valence-electron chi connectivity index (χ4n) is 5.50. The van der Waals surface area contributed by atoms with Gasteiger partial charge in [0.05, 0.1) is 5.97 Å². The third-order valence-corrected chi connectivity index (χ3v) is 7.65. The van der Waals surface area contributed by atoms with Crippen molar-refractivity contribution in [2.45, 2.75) is 43.8 Å². The van der Waals surface area contributed by atoms with E-state index in [2.05, 4.69) is 0 Å². The van der Waals surface area contributed by atoms with Gasteiger partial charge in [-0.05, 0) is 29.2 Å². The molecule has 1 fully saturated rings. The molecule has 43 heavy (non-hydrogen) atoms. The van der Waals surface area contributed by atoms with Crippen molar-refractivity contribution in [2.24, 2.45) is 0 Å². The van der Waals surface area contributed by atoms with E-state index in [1.165, 1.54) is 4.90 Å². The number of aliphatic hydroxyl groups is 1. The van der Waals surface area contributed by atoms with Gasteiger partial charge >= 0.3 is 63.4 Å². The molecule has 2 amide bonds. The largest absolute Gasteiger partial charge is 1.00 e. The Labute approximate surface area is 293 Å². The van der Waals surface area contributed by atoms with Gasteiger partial charge in [-0.1, -0.05) is 121 Å². The Morgan fingerprint density at radius 3 is 1.51 bits per heavy atom. The fraction of sp³-hybridized carbons (Fsp3) is 0.206. The molecule has 1 N–H and O–H groups in total. The van der Waals surface area contributed by atoms with Crippen molar-refractivity contribution in [3.05, 3.63) is 144 Å². The number of carboxylic acids is 1. The minimum Gasteiger partial charge on any atom is -0.548 e. The molecule has 214 valence electrons. The normalized spacial score (nSPS) is 17.2. The number of carboxylic acid groups (broad SMARTS) is 1. The van der Waals surface area contributed by atoms with Crippen LogP contribution in [0, 0.1) is 0 Å². The van der Waals surface area contributed by atoms with Crippen molar-refractivity contribution in [1.29, 1.82) is 0 Å². The summed E-state index contributed by atoms with van der Waals surface area (Å²) in [5, 5.41) is 24.7. The van der Waals surface area contributed by atoms with E-state index < -0.39 is 41.8 Å². The van der Waals surface area contributed by atoms with Crippen LogP contribution in [0.1, 0.15) is 29.2 Å². The minimum atomic E-state index is -1.76. The van der Waals surface area contributed by atoms with E-state index in [0.29, 0.717) is 22.3 Å². The number of rotatable bonds is 10. The molecule has 0 aliphatic carbocycles. The Balaban J connectivity index is 0.00000423. The molecular formula is C34H31KN2O6. The van der Waals surface area contributed by atoms with E-state index in [-0.39, 0.29) is 64.5 Å². The Morgan fingerprint density at radius 1 is 0.744 bits per heavy atom. The van der Waals surface area contributed by atoms with Gasteiger partial charge in [-0.25, -0.2) is 9.59 Å². The number of amides is 2. The maximum absolute atomic E-state index is 14.0. The van der Waals surface area contributed by atoms with E-state index in [1.807, 2.05) is 24.3 Å². The molecule has 1 saturated heterocycles. The standard InChI is InChI=1S/C34H32N2O6.K/c1-24(34(41,27-18-10-4-11-19-27)28-20-12-5-13-21-28)42-32(39)30-29(31(37)38)35(22-25-14-6-2-7-15-25)33(40)36(30)23-26-16-8-3-9-17-26;/h2-21,24,29-30,41H,22-23H2,1H3,(H,37,38);/q;+1/p-1/t24-,29-,30+;/m0./s1. The van der Waals surface area contributed by atoms with Crippen LogP contribution in [-0.4, -0.2) is 51.1 Å². The summed E-state index contributed by atoms with van der Waals surface area (Å²) in [5.74, 6) is -2.53. The van der Waals surface area contributed by atoms with Crippen LogP contribution in [0.3, 0.4) is 0 Å². The number of esters is 1. The summed E-state index contributed by atoms with van der Waals surface area (Å²) in [4.78, 5) is 42.7. The zero-order valence-electron chi connectivity index (χ0n) is 24.1. The molecule has 1 aliphatic rings. The molecule has 4 aromatic carbocycles. The predicted octanol–water partition coefficient (Wildman–Crippen LogP) is 0.483. The number of benzene rings is 4. The summed E-state index contributed by atoms with van der Waals surface area (Å²) >= 11 is 0. The molecule has 1 aliphatic heterocycles. The fourth-order valence-corrected chi connectivity index (χ4v) is 5.50. The molecule has 0 spiro atoms. The number of hydrogen-bond donors (Lipinski definition) is 1. The predicted molar refractivity (Wildman–Crippen MR) is 153 cm³/mol. The Morgan fingerprint density at radius 2 is 1.12 bits per heavy atom. The number of hydrogen-bond acceptors (Lipinski definition) is 6. The quantitative estimate of drug-likeness (QED) is 0.209. The topological polar surface area (TPSA) is 110 Å². The average Bonchev–Trinajstić information content (AvgIpc) is 3.29. The van der Waals surface area contributed by atoms with E-state index in [4.69, 9.17) is 4.74 Å². The summed E-state index contributed by atoms with van der Waals surface area (Å²) in [6.45, 7) is 1.48. The molecule has 3 atom stereocenters. The maximum atomic E-state index is 14.0. The SMILES string of the molecule is C[C@H](OC(=O)[C@H]1[C@@H](C(=O)[O-])N(Cc2ccccc2)C(=O)N1Cc1ccccc1)C(O)(c1ccccc1)c1ccccc1.[K+]. The van der Waals surface area contributed by atoms with E-state index in [9.17, 15) is 24.6 Å². The molecule has 0 radical (unpaired) electrons. The van der Waals surface area contributed by atoms with Gasteiger partial charge in [-0.3, -0.25) is 0 Å². The maximum Gasteiger partial charge on any atom is 1.00 e. The van der Waals surface area contributed by atoms with Gasteiger partial charge in [0.2, 0.25) is 0 Å². The van der Waals surface area contributed by atoms with Crippen molar-refractivity contribution in [3.63, 3.8) is 0 Å². The van der Waals surface area contributed by atoms with Crippen molar-refractivity contribution in [2.75, 3.05) is 0 Å². The molecule has 8 nitrogen and oxygen atoms in total. The van der Waals surface area contributed by atoms with Crippen molar-refractivity contribution in [1.82, 2.24) is 9.80 Å². The van der Waals surface area contributed by atoms with Crippen LogP contribution >= 0.6 is 0 Å². The van der Waals surface area contributed by atoms with Gasteiger partial charge in [0.15, 0.2) is 11.6 Å². The number of carbonyl (C=O) groups is 3. The van der Waals surface area contributed by atoms with Crippen LogP contribution in [0.4, 0.5) is 4.79 Å². The van der Waals surface area contributed by atoms with Crippen LogP contribution in [-0.2, 0) is 33.0 Å². The molecule has 5 rings (SSSR count). The Hall–Kier alpha value is -3.31. The van der Waals surface area contributed by atoms with Crippen LogP contribution in [0.15, 0.2) is 121 Å². The van der Waals surface area contributed by atoms with Crippen LogP contribution in [0.25, 0.3) is 0 Å². The average molecular weight is 603 g/mol. The molecule has 0 aromatic heterocycles. The minimum absolute atomic E-state index is 0. The van der Waals surface area contributed by atoms with Crippen molar-refractivity contribution >= 4 is 18.0 Å². The summed E-state index contributed by atoms with van der Waals surface area (Å²) < 4.78 is 5.90. The first-order valence-electron chi connectivity index (χ1n) is 13.7. The van der Waals surface area contributed by atoms with E-state index in [1.54, 1.807) is 104 Å².